The van der Waals surface area contributed by atoms with E-state index in [9.17, 15) is 24.7 Å². The van der Waals surface area contributed by atoms with Gasteiger partial charge in [-0.2, -0.15) is 0 Å². The van der Waals surface area contributed by atoms with E-state index in [0.717, 1.165) is 24.0 Å². The van der Waals surface area contributed by atoms with Crippen LogP contribution >= 0.6 is 11.8 Å². The summed E-state index contributed by atoms with van der Waals surface area (Å²) in [5.74, 6) is -1.00. The topological polar surface area (TPSA) is 119 Å². The number of nitrogens with one attached hydrogen (secondary N) is 2. The highest BCUT2D eigenvalue weighted by atomic mass is 32.2. The predicted molar refractivity (Wildman–Crippen MR) is 137 cm³/mol. The van der Waals surface area contributed by atoms with E-state index in [4.69, 9.17) is 0 Å². The van der Waals surface area contributed by atoms with Crippen LogP contribution in [0, 0.1) is 0 Å². The van der Waals surface area contributed by atoms with E-state index in [1.54, 1.807) is 13.8 Å². The first-order valence-corrected chi connectivity index (χ1v) is 12.6. The van der Waals surface area contributed by atoms with Crippen molar-refractivity contribution in [2.24, 2.45) is 0 Å². The Morgan fingerprint density at radius 2 is 1.54 bits per heavy atom. The molecule has 0 aliphatic rings. The fourth-order valence-corrected chi connectivity index (χ4v) is 4.55. The number of amides is 4. The third-order valence-corrected chi connectivity index (χ3v) is 7.10. The van der Waals surface area contributed by atoms with Crippen molar-refractivity contribution < 1.29 is 24.7 Å². The average Bonchev–Trinajstić information content (AvgIpc) is 2.88. The Labute approximate surface area is 211 Å². The molecule has 0 fully saturated rings. The largest absolute Gasteiger partial charge is 0.383 e. The molecular weight excluding hydrogens is 466 g/mol. The molecule has 0 saturated heterocycles. The van der Waals surface area contributed by atoms with E-state index in [-0.39, 0.29) is 11.5 Å². The van der Waals surface area contributed by atoms with Crippen molar-refractivity contribution in [3.63, 3.8) is 0 Å². The van der Waals surface area contributed by atoms with Gasteiger partial charge in [0, 0.05) is 17.5 Å². The summed E-state index contributed by atoms with van der Waals surface area (Å²) < 4.78 is -0.772. The molecule has 0 spiro atoms. The highest BCUT2D eigenvalue weighted by molar-refractivity contribution is 7.99. The number of hydrogen-bond donors (Lipinski definition) is 4. The van der Waals surface area contributed by atoms with Gasteiger partial charge in [0.15, 0.2) is 0 Å². The van der Waals surface area contributed by atoms with Gasteiger partial charge in [0.25, 0.3) is 5.91 Å². The van der Waals surface area contributed by atoms with Gasteiger partial charge in [-0.25, -0.2) is 4.79 Å². The number of unbranched alkanes of at least 4 members (excludes halogenated alkanes) is 1. The third-order valence-electron chi connectivity index (χ3n) is 5.65. The minimum absolute atomic E-state index is 0.104. The van der Waals surface area contributed by atoms with Crippen molar-refractivity contribution in [2.45, 2.75) is 62.2 Å². The Kier molecular flexibility index (Phi) is 11.2. The third kappa shape index (κ3) is 9.01. The SMILES string of the molecule is CNC(=O)C(NC(=O)N(O)C(=O)[C@@H](O)CCCCc1ccccc1)C(C)(C)SCc1ccccc1. The van der Waals surface area contributed by atoms with Gasteiger partial charge in [0.2, 0.25) is 5.91 Å². The monoisotopic (exact) mass is 501 g/mol. The van der Waals surface area contributed by atoms with Crippen LogP contribution in [0.25, 0.3) is 0 Å². The van der Waals surface area contributed by atoms with Crippen molar-refractivity contribution in [3.8, 4) is 0 Å². The summed E-state index contributed by atoms with van der Waals surface area (Å²) in [6.45, 7) is 3.60. The van der Waals surface area contributed by atoms with Crippen LogP contribution in [0.1, 0.15) is 44.2 Å². The lowest BCUT2D eigenvalue weighted by atomic mass is 10.0. The standard InChI is InChI=1S/C26H35N3O5S/c1-26(2,35-18-20-15-8-5-9-16-20)22(23(31)27-3)28-25(33)29(34)24(32)21(30)17-11-10-14-19-12-6-4-7-13-19/h4-9,12-13,15-16,21-22,30,34H,10-11,14,17-18H2,1-3H3,(H,27,31)(H,28,33)/t21-,22?/m0/s1. The van der Waals surface area contributed by atoms with Crippen LogP contribution in [0.3, 0.4) is 0 Å². The van der Waals surface area contributed by atoms with Crippen molar-refractivity contribution in [3.05, 3.63) is 71.8 Å². The Morgan fingerprint density at radius 1 is 0.971 bits per heavy atom. The molecule has 2 atom stereocenters. The predicted octanol–water partition coefficient (Wildman–Crippen LogP) is 3.51. The minimum Gasteiger partial charge on any atom is -0.383 e. The molecule has 2 aromatic rings. The summed E-state index contributed by atoms with van der Waals surface area (Å²) in [4.78, 5) is 37.5. The number of urea groups is 1. The first-order valence-electron chi connectivity index (χ1n) is 11.6. The Hall–Kier alpha value is -2.88. The lowest BCUT2D eigenvalue weighted by Crippen LogP contribution is -2.59. The fourth-order valence-electron chi connectivity index (χ4n) is 3.49. The Balaban J connectivity index is 1.91. The number of hydrogen-bond acceptors (Lipinski definition) is 6. The second-order valence-corrected chi connectivity index (χ2v) is 10.4. The number of rotatable bonds is 12. The molecule has 4 N–H and O–H groups in total. The zero-order valence-corrected chi connectivity index (χ0v) is 21.3. The maximum Gasteiger partial charge on any atom is 0.349 e. The maximum absolute atomic E-state index is 12.6. The van der Waals surface area contributed by atoms with Crippen LogP contribution < -0.4 is 10.6 Å². The highest BCUT2D eigenvalue weighted by Gasteiger charge is 2.38. The summed E-state index contributed by atoms with van der Waals surface area (Å²) in [5, 5.41) is 25.1. The number of imide groups is 1. The van der Waals surface area contributed by atoms with Crippen molar-refractivity contribution in [1.29, 1.82) is 0 Å². The normalized spacial score (nSPS) is 12.9. The number of carbonyl (C=O) groups excluding carboxylic acids is 3. The number of aliphatic hydroxyl groups is 1. The highest BCUT2D eigenvalue weighted by Crippen LogP contribution is 2.31. The van der Waals surface area contributed by atoms with Gasteiger partial charge in [0.05, 0.1) is 0 Å². The van der Waals surface area contributed by atoms with Gasteiger partial charge in [-0.1, -0.05) is 67.1 Å². The molecule has 0 aromatic heterocycles. The molecule has 0 saturated carbocycles. The van der Waals surface area contributed by atoms with Crippen LogP contribution in [0.2, 0.25) is 0 Å². The molecule has 4 amide bonds. The van der Waals surface area contributed by atoms with Crippen molar-refractivity contribution in [1.82, 2.24) is 15.7 Å². The van der Waals surface area contributed by atoms with Gasteiger partial charge >= 0.3 is 6.03 Å². The Morgan fingerprint density at radius 3 is 2.11 bits per heavy atom. The molecule has 9 heteroatoms. The second kappa shape index (κ2) is 13.9. The molecular formula is C26H35N3O5S. The number of hydroxylamine groups is 2. The van der Waals surface area contributed by atoms with Gasteiger partial charge in [-0.15, -0.1) is 16.8 Å². The van der Waals surface area contributed by atoms with E-state index >= 15 is 0 Å². The molecule has 1 unspecified atom stereocenters. The number of nitrogens with zero attached hydrogens (tertiary/aromatic N) is 1. The number of aryl methyl sites for hydroxylation is 1. The van der Waals surface area contributed by atoms with E-state index in [0.29, 0.717) is 12.2 Å². The van der Waals surface area contributed by atoms with Crippen LogP contribution in [0.5, 0.6) is 0 Å². The number of aliphatic hydroxyl groups excluding tert-OH is 1. The van der Waals surface area contributed by atoms with Crippen molar-refractivity contribution >= 4 is 29.6 Å². The first kappa shape index (κ1) is 28.4. The molecule has 2 rings (SSSR count). The van der Waals surface area contributed by atoms with Crippen molar-refractivity contribution in [2.75, 3.05) is 7.05 Å². The number of likely N-dealkylation sites (N-methyl/N-ethyl adjacent to an activating group) is 1. The van der Waals surface area contributed by atoms with Crippen LogP contribution in [-0.2, 0) is 21.8 Å². The minimum atomic E-state index is -1.53. The molecule has 0 heterocycles. The zero-order chi connectivity index (χ0) is 25.8. The Bertz CT molecular complexity index is 956. The quantitative estimate of drug-likeness (QED) is 0.201. The van der Waals surface area contributed by atoms with Crippen LogP contribution in [-0.4, -0.2) is 57.2 Å². The summed E-state index contributed by atoms with van der Waals surface area (Å²) in [7, 11) is 1.44. The summed E-state index contributed by atoms with van der Waals surface area (Å²) in [6.07, 6.45) is 0.668. The molecule has 8 nitrogen and oxygen atoms in total. The van der Waals surface area contributed by atoms with Gasteiger partial charge in [0.1, 0.15) is 12.1 Å². The molecule has 2 aromatic carbocycles. The lowest BCUT2D eigenvalue weighted by Gasteiger charge is -2.33. The second-order valence-electron chi connectivity index (χ2n) is 8.77. The smallest absolute Gasteiger partial charge is 0.349 e. The average molecular weight is 502 g/mol. The summed E-state index contributed by atoms with van der Waals surface area (Å²) in [5.41, 5.74) is 2.21. The van der Waals surface area contributed by atoms with Gasteiger partial charge in [-0.3, -0.25) is 14.8 Å². The maximum atomic E-state index is 12.6. The van der Waals surface area contributed by atoms with Crippen LogP contribution in [0.15, 0.2) is 60.7 Å². The molecule has 35 heavy (non-hydrogen) atoms. The number of carbonyl (C=O) groups is 3. The fraction of sp³-hybridized carbons (Fsp3) is 0.423. The van der Waals surface area contributed by atoms with E-state index in [2.05, 4.69) is 10.6 Å². The van der Waals surface area contributed by atoms with E-state index in [1.807, 2.05) is 60.7 Å². The molecule has 0 radical (unpaired) electrons. The molecule has 190 valence electrons. The molecule has 0 aliphatic carbocycles. The van der Waals surface area contributed by atoms with Gasteiger partial charge < -0.3 is 15.7 Å². The number of benzene rings is 2. The number of thioether (sulfide) groups is 1. The van der Waals surface area contributed by atoms with E-state index in [1.165, 1.54) is 18.8 Å². The summed E-state index contributed by atoms with van der Waals surface area (Å²) in [6, 6.07) is 17.3. The first-order chi connectivity index (χ1) is 16.7. The summed E-state index contributed by atoms with van der Waals surface area (Å²) >= 11 is 1.45. The van der Waals surface area contributed by atoms with Crippen LogP contribution in [0.4, 0.5) is 4.79 Å². The molecule has 0 bridgehead atoms. The zero-order valence-electron chi connectivity index (χ0n) is 20.4. The van der Waals surface area contributed by atoms with Gasteiger partial charge in [-0.05, 0) is 44.2 Å². The van der Waals surface area contributed by atoms with E-state index < -0.39 is 34.7 Å². The lowest BCUT2D eigenvalue weighted by molar-refractivity contribution is -0.162. The molecule has 0 aliphatic heterocycles.